The Labute approximate surface area is 147 Å². The third-order valence-electron chi connectivity index (χ3n) is 4.07. The van der Waals surface area contributed by atoms with Gasteiger partial charge in [-0.05, 0) is 38.3 Å². The Morgan fingerprint density at radius 2 is 2.21 bits per heavy atom. The molecule has 1 aliphatic heterocycles. The SMILES string of the molecule is CC(C)(C)C(=O)Nc1nc(CC(=O)NCCC2CCCNC2)cs1. The standard InChI is InChI=1S/C17H28N4O2S/c1-17(2,3)15(23)21-16-20-13(11-24-16)9-14(22)19-8-6-12-5-4-7-18-10-12/h11-12,18H,4-10H2,1-3H3,(H,19,22)(H,20,21,23). The molecule has 1 saturated heterocycles. The third kappa shape index (κ3) is 6.20. The van der Waals surface area contributed by atoms with E-state index in [-0.39, 0.29) is 18.2 Å². The minimum absolute atomic E-state index is 0.0160. The zero-order valence-corrected chi connectivity index (χ0v) is 15.6. The van der Waals surface area contributed by atoms with Crippen LogP contribution in [0.4, 0.5) is 5.13 Å². The summed E-state index contributed by atoms with van der Waals surface area (Å²) in [5.41, 5.74) is 0.234. The molecule has 2 heterocycles. The molecule has 0 bridgehead atoms. The van der Waals surface area contributed by atoms with Crippen molar-refractivity contribution < 1.29 is 9.59 Å². The second-order valence-corrected chi connectivity index (χ2v) is 8.23. The fraction of sp³-hybridized carbons (Fsp3) is 0.706. The lowest BCUT2D eigenvalue weighted by atomic mass is 9.96. The van der Waals surface area contributed by atoms with Crippen LogP contribution in [0.25, 0.3) is 0 Å². The maximum Gasteiger partial charge on any atom is 0.231 e. The van der Waals surface area contributed by atoms with Crippen LogP contribution in [0.1, 0.15) is 45.7 Å². The predicted molar refractivity (Wildman–Crippen MR) is 97.1 cm³/mol. The quantitative estimate of drug-likeness (QED) is 0.733. The highest BCUT2D eigenvalue weighted by molar-refractivity contribution is 7.13. The van der Waals surface area contributed by atoms with Crippen LogP contribution in [0.2, 0.25) is 0 Å². The zero-order chi connectivity index (χ0) is 17.6. The van der Waals surface area contributed by atoms with E-state index >= 15 is 0 Å². The number of nitrogens with one attached hydrogen (secondary N) is 3. The van der Waals surface area contributed by atoms with Crippen molar-refractivity contribution in [2.45, 2.75) is 46.5 Å². The average Bonchev–Trinajstić information content (AvgIpc) is 2.94. The highest BCUT2D eigenvalue weighted by Gasteiger charge is 2.22. The first-order chi connectivity index (χ1) is 11.3. The van der Waals surface area contributed by atoms with E-state index in [1.807, 2.05) is 26.2 Å². The van der Waals surface area contributed by atoms with Crippen molar-refractivity contribution in [3.8, 4) is 0 Å². The van der Waals surface area contributed by atoms with Crippen molar-refractivity contribution in [2.24, 2.45) is 11.3 Å². The Balaban J connectivity index is 1.71. The Hall–Kier alpha value is -1.47. The molecule has 0 aromatic carbocycles. The lowest BCUT2D eigenvalue weighted by Gasteiger charge is -2.22. The van der Waals surface area contributed by atoms with Gasteiger partial charge in [0, 0.05) is 17.3 Å². The van der Waals surface area contributed by atoms with E-state index in [0.717, 1.165) is 19.5 Å². The number of aromatic nitrogens is 1. The molecule has 1 aliphatic rings. The summed E-state index contributed by atoms with van der Waals surface area (Å²) in [4.78, 5) is 28.2. The molecule has 1 atom stereocenters. The predicted octanol–water partition coefficient (Wildman–Crippen LogP) is 2.18. The largest absolute Gasteiger partial charge is 0.356 e. The van der Waals surface area contributed by atoms with E-state index in [0.29, 0.717) is 23.3 Å². The highest BCUT2D eigenvalue weighted by Crippen LogP contribution is 2.20. The van der Waals surface area contributed by atoms with E-state index in [1.54, 1.807) is 0 Å². The van der Waals surface area contributed by atoms with Crippen LogP contribution in [-0.4, -0.2) is 36.4 Å². The molecule has 3 N–H and O–H groups in total. The first-order valence-corrected chi connectivity index (χ1v) is 9.46. The maximum atomic E-state index is 12.0. The average molecular weight is 353 g/mol. The van der Waals surface area contributed by atoms with Gasteiger partial charge >= 0.3 is 0 Å². The first kappa shape index (κ1) is 18.9. The number of carbonyl (C=O) groups is 2. The number of piperidine rings is 1. The number of thiazole rings is 1. The molecule has 134 valence electrons. The lowest BCUT2D eigenvalue weighted by molar-refractivity contribution is -0.123. The van der Waals surface area contributed by atoms with Gasteiger partial charge in [-0.1, -0.05) is 20.8 Å². The Morgan fingerprint density at radius 3 is 2.88 bits per heavy atom. The van der Waals surface area contributed by atoms with E-state index in [4.69, 9.17) is 0 Å². The summed E-state index contributed by atoms with van der Waals surface area (Å²) < 4.78 is 0. The van der Waals surface area contributed by atoms with Gasteiger partial charge in [0.2, 0.25) is 11.8 Å². The van der Waals surface area contributed by atoms with Crippen LogP contribution in [-0.2, 0) is 16.0 Å². The van der Waals surface area contributed by atoms with E-state index in [2.05, 4.69) is 20.9 Å². The van der Waals surface area contributed by atoms with Gasteiger partial charge < -0.3 is 16.0 Å². The van der Waals surface area contributed by atoms with E-state index in [1.165, 1.54) is 24.2 Å². The zero-order valence-electron chi connectivity index (χ0n) is 14.8. The normalized spacial score (nSPS) is 18.2. The Morgan fingerprint density at radius 1 is 1.42 bits per heavy atom. The van der Waals surface area contributed by atoms with Gasteiger partial charge in [0.1, 0.15) is 0 Å². The second-order valence-electron chi connectivity index (χ2n) is 7.38. The number of amides is 2. The summed E-state index contributed by atoms with van der Waals surface area (Å²) in [5, 5.41) is 11.5. The van der Waals surface area contributed by atoms with Gasteiger partial charge in [-0.2, -0.15) is 0 Å². The van der Waals surface area contributed by atoms with Crippen LogP contribution in [0.5, 0.6) is 0 Å². The molecule has 2 rings (SSSR count). The maximum absolute atomic E-state index is 12.0. The highest BCUT2D eigenvalue weighted by atomic mass is 32.1. The summed E-state index contributed by atoms with van der Waals surface area (Å²) in [6, 6.07) is 0. The van der Waals surface area contributed by atoms with E-state index in [9.17, 15) is 9.59 Å². The minimum atomic E-state index is -0.461. The van der Waals surface area contributed by atoms with Crippen LogP contribution >= 0.6 is 11.3 Å². The molecule has 1 aromatic rings. The summed E-state index contributed by atoms with van der Waals surface area (Å²) >= 11 is 1.35. The van der Waals surface area contributed by atoms with Crippen molar-refractivity contribution in [3.63, 3.8) is 0 Å². The monoisotopic (exact) mass is 352 g/mol. The molecule has 0 spiro atoms. The summed E-state index contributed by atoms with van der Waals surface area (Å²) in [6.07, 6.45) is 3.74. The number of nitrogens with zero attached hydrogens (tertiary/aromatic N) is 1. The third-order valence-corrected chi connectivity index (χ3v) is 4.88. The van der Waals surface area contributed by atoms with Gasteiger partial charge in [-0.3, -0.25) is 9.59 Å². The molecular formula is C17H28N4O2S. The molecule has 1 aromatic heterocycles. The molecule has 1 unspecified atom stereocenters. The van der Waals surface area contributed by atoms with Crippen LogP contribution in [0.3, 0.4) is 0 Å². The van der Waals surface area contributed by atoms with Crippen molar-refractivity contribution in [2.75, 3.05) is 25.0 Å². The van der Waals surface area contributed by atoms with Crippen LogP contribution in [0.15, 0.2) is 5.38 Å². The molecule has 7 heteroatoms. The summed E-state index contributed by atoms with van der Waals surface area (Å²) in [6.45, 7) is 8.44. The lowest BCUT2D eigenvalue weighted by Crippen LogP contribution is -2.33. The number of rotatable bonds is 6. The topological polar surface area (TPSA) is 83.1 Å². The molecule has 2 amide bonds. The van der Waals surface area contributed by atoms with Gasteiger partial charge in [-0.15, -0.1) is 11.3 Å². The molecule has 0 saturated carbocycles. The van der Waals surface area contributed by atoms with Crippen molar-refractivity contribution in [1.29, 1.82) is 0 Å². The van der Waals surface area contributed by atoms with Crippen LogP contribution < -0.4 is 16.0 Å². The number of hydrogen-bond acceptors (Lipinski definition) is 5. The van der Waals surface area contributed by atoms with Gasteiger partial charge in [0.05, 0.1) is 12.1 Å². The number of anilines is 1. The van der Waals surface area contributed by atoms with Gasteiger partial charge in [0.15, 0.2) is 5.13 Å². The second kappa shape index (κ2) is 8.58. The Bertz CT molecular complexity index is 559. The fourth-order valence-electron chi connectivity index (χ4n) is 2.54. The molecule has 0 aliphatic carbocycles. The molecule has 6 nitrogen and oxygen atoms in total. The summed E-state index contributed by atoms with van der Waals surface area (Å²) in [5.74, 6) is 0.573. The molecule has 0 radical (unpaired) electrons. The van der Waals surface area contributed by atoms with Crippen molar-refractivity contribution >= 4 is 28.3 Å². The molecule has 1 fully saturated rings. The van der Waals surface area contributed by atoms with Crippen molar-refractivity contribution in [1.82, 2.24) is 15.6 Å². The van der Waals surface area contributed by atoms with Crippen molar-refractivity contribution in [3.05, 3.63) is 11.1 Å². The Kier molecular flexibility index (Phi) is 6.74. The van der Waals surface area contributed by atoms with Crippen LogP contribution in [0, 0.1) is 11.3 Å². The van der Waals surface area contributed by atoms with Gasteiger partial charge in [0.25, 0.3) is 0 Å². The molecule has 24 heavy (non-hydrogen) atoms. The minimum Gasteiger partial charge on any atom is -0.356 e. The smallest absolute Gasteiger partial charge is 0.231 e. The first-order valence-electron chi connectivity index (χ1n) is 8.58. The molecular weight excluding hydrogens is 324 g/mol. The fourth-order valence-corrected chi connectivity index (χ4v) is 3.25. The number of carbonyl (C=O) groups excluding carboxylic acids is 2. The van der Waals surface area contributed by atoms with Gasteiger partial charge in [-0.25, -0.2) is 4.98 Å². The summed E-state index contributed by atoms with van der Waals surface area (Å²) in [7, 11) is 0. The number of hydrogen-bond donors (Lipinski definition) is 3. The van der Waals surface area contributed by atoms with E-state index < -0.39 is 5.41 Å².